The standard InChI is InChI=1S/C18H21FN2OS.ClH/c1-18(2)16(11-5-7-21(18)8-6-11)20-17(22)15-9-12-3-4-13(19)10-14(12)23-15;/h3-4,9-11,16H,5-8H2,1-2H3,(H,20,22);1H. The zero-order chi connectivity index (χ0) is 16.2. The largest absolute Gasteiger partial charge is 0.346 e. The molecule has 3 aliphatic heterocycles. The molecular weight excluding hydrogens is 347 g/mol. The van der Waals surface area contributed by atoms with E-state index in [1.54, 1.807) is 6.07 Å². The number of nitrogens with zero attached hydrogens (tertiary/aromatic N) is 1. The van der Waals surface area contributed by atoms with Crippen LogP contribution in [0, 0.1) is 11.7 Å². The minimum Gasteiger partial charge on any atom is -0.346 e. The molecular formula is C18H22ClFN2OS. The van der Waals surface area contributed by atoms with Gasteiger partial charge in [-0.15, -0.1) is 23.7 Å². The van der Waals surface area contributed by atoms with Crippen molar-refractivity contribution >= 4 is 39.7 Å². The number of thiophene rings is 1. The third-order valence-electron chi connectivity index (χ3n) is 5.58. The van der Waals surface area contributed by atoms with Crippen LogP contribution < -0.4 is 5.32 Å². The summed E-state index contributed by atoms with van der Waals surface area (Å²) in [5.74, 6) is 0.272. The van der Waals surface area contributed by atoms with Crippen LogP contribution in [-0.2, 0) is 0 Å². The number of hydrogen-bond donors (Lipinski definition) is 1. The number of amides is 1. The summed E-state index contributed by atoms with van der Waals surface area (Å²) in [5.41, 5.74) is -0.000380. The van der Waals surface area contributed by atoms with Crippen LogP contribution in [-0.4, -0.2) is 35.5 Å². The van der Waals surface area contributed by atoms with E-state index < -0.39 is 0 Å². The Labute approximate surface area is 151 Å². The number of carbonyl (C=O) groups is 1. The quantitative estimate of drug-likeness (QED) is 0.866. The van der Waals surface area contributed by atoms with E-state index in [0.29, 0.717) is 10.8 Å². The Balaban J connectivity index is 0.00000169. The molecule has 6 heteroatoms. The number of rotatable bonds is 2. The summed E-state index contributed by atoms with van der Waals surface area (Å²) in [5, 5.41) is 4.19. The molecule has 3 fully saturated rings. The summed E-state index contributed by atoms with van der Waals surface area (Å²) in [7, 11) is 0. The molecule has 0 radical (unpaired) electrons. The molecule has 2 aromatic rings. The molecule has 1 atom stereocenters. The van der Waals surface area contributed by atoms with Gasteiger partial charge in [-0.05, 0) is 69.3 Å². The Morgan fingerprint density at radius 1 is 1.29 bits per heavy atom. The number of fused-ring (bicyclic) bond motifs is 4. The van der Waals surface area contributed by atoms with Crippen LogP contribution in [0.1, 0.15) is 36.4 Å². The van der Waals surface area contributed by atoms with Crippen molar-refractivity contribution in [2.45, 2.75) is 38.3 Å². The van der Waals surface area contributed by atoms with Gasteiger partial charge in [0, 0.05) is 16.3 Å². The van der Waals surface area contributed by atoms with Gasteiger partial charge < -0.3 is 5.32 Å². The van der Waals surface area contributed by atoms with Crippen molar-refractivity contribution in [1.29, 1.82) is 0 Å². The van der Waals surface area contributed by atoms with Gasteiger partial charge in [-0.25, -0.2) is 4.39 Å². The van der Waals surface area contributed by atoms with E-state index in [0.717, 1.165) is 36.0 Å². The summed E-state index contributed by atoms with van der Waals surface area (Å²) in [6.07, 6.45) is 2.32. The molecule has 1 unspecified atom stereocenters. The van der Waals surface area contributed by atoms with Gasteiger partial charge in [0.05, 0.1) is 4.88 Å². The van der Waals surface area contributed by atoms with Crippen molar-refractivity contribution in [1.82, 2.24) is 10.2 Å². The third kappa shape index (κ3) is 2.83. The highest BCUT2D eigenvalue weighted by molar-refractivity contribution is 7.20. The normalized spacial score (nSPS) is 27.7. The van der Waals surface area contributed by atoms with E-state index in [1.165, 1.54) is 23.5 Å². The van der Waals surface area contributed by atoms with Gasteiger partial charge in [0.2, 0.25) is 0 Å². The third-order valence-corrected chi connectivity index (χ3v) is 6.68. The minimum atomic E-state index is -0.259. The fourth-order valence-electron chi connectivity index (χ4n) is 4.21. The Morgan fingerprint density at radius 3 is 2.67 bits per heavy atom. The molecule has 130 valence electrons. The van der Waals surface area contributed by atoms with Crippen molar-refractivity contribution < 1.29 is 9.18 Å². The van der Waals surface area contributed by atoms with Gasteiger partial charge in [-0.2, -0.15) is 0 Å². The molecule has 0 aliphatic carbocycles. The number of piperidine rings is 3. The first kappa shape index (κ1) is 17.6. The molecule has 5 rings (SSSR count). The molecule has 3 saturated heterocycles. The van der Waals surface area contributed by atoms with Crippen molar-refractivity contribution in [3.05, 3.63) is 35.0 Å². The van der Waals surface area contributed by atoms with Crippen LogP contribution in [0.3, 0.4) is 0 Å². The molecule has 3 aliphatic rings. The van der Waals surface area contributed by atoms with Gasteiger partial charge in [-0.1, -0.05) is 6.07 Å². The van der Waals surface area contributed by atoms with Gasteiger partial charge in [0.15, 0.2) is 0 Å². The predicted octanol–water partition coefficient (Wildman–Crippen LogP) is 4.06. The first-order chi connectivity index (χ1) is 10.9. The maximum absolute atomic E-state index is 13.3. The molecule has 1 amide bonds. The molecule has 3 nitrogen and oxygen atoms in total. The zero-order valence-electron chi connectivity index (χ0n) is 13.8. The fourth-order valence-corrected chi connectivity index (χ4v) is 5.20. The number of halogens is 2. The van der Waals surface area contributed by atoms with Crippen LogP contribution >= 0.6 is 23.7 Å². The molecule has 1 aromatic heterocycles. The van der Waals surface area contributed by atoms with E-state index in [4.69, 9.17) is 0 Å². The average Bonchev–Trinajstić information content (AvgIpc) is 2.94. The lowest BCUT2D eigenvalue weighted by molar-refractivity contribution is -0.0377. The highest BCUT2D eigenvalue weighted by atomic mass is 35.5. The van der Waals surface area contributed by atoms with E-state index in [9.17, 15) is 9.18 Å². The highest BCUT2D eigenvalue weighted by Gasteiger charge is 2.48. The number of carbonyl (C=O) groups excluding carboxylic acids is 1. The lowest BCUT2D eigenvalue weighted by atomic mass is 9.72. The maximum atomic E-state index is 13.3. The summed E-state index contributed by atoms with van der Waals surface area (Å²) in [6, 6.07) is 6.71. The highest BCUT2D eigenvalue weighted by Crippen LogP contribution is 2.39. The maximum Gasteiger partial charge on any atom is 0.261 e. The Morgan fingerprint density at radius 2 is 2.00 bits per heavy atom. The van der Waals surface area contributed by atoms with Crippen LogP contribution in [0.2, 0.25) is 0 Å². The SMILES string of the molecule is CC1(C)C(NC(=O)c2cc3ccc(F)cc3s2)C2CCN1CC2.Cl. The van der Waals surface area contributed by atoms with Crippen molar-refractivity contribution in [2.75, 3.05) is 13.1 Å². The van der Waals surface area contributed by atoms with Crippen LogP contribution in [0.25, 0.3) is 10.1 Å². The molecule has 4 heterocycles. The zero-order valence-corrected chi connectivity index (χ0v) is 15.5. The van der Waals surface area contributed by atoms with Gasteiger partial charge in [0.1, 0.15) is 5.82 Å². The second-order valence-corrected chi connectivity index (χ2v) is 8.31. The van der Waals surface area contributed by atoms with Crippen LogP contribution in [0.4, 0.5) is 4.39 Å². The Hall–Kier alpha value is -1.17. The fraction of sp³-hybridized carbons (Fsp3) is 0.500. The number of nitrogens with one attached hydrogen (secondary N) is 1. The molecule has 2 bridgehead atoms. The van der Waals surface area contributed by atoms with Gasteiger partial charge in [0.25, 0.3) is 5.91 Å². The Bertz CT molecular complexity index is 767. The lowest BCUT2D eigenvalue weighted by Gasteiger charge is -2.56. The lowest BCUT2D eigenvalue weighted by Crippen LogP contribution is -2.69. The summed E-state index contributed by atoms with van der Waals surface area (Å²) in [6.45, 7) is 6.71. The topological polar surface area (TPSA) is 32.3 Å². The smallest absolute Gasteiger partial charge is 0.261 e. The van der Waals surface area contributed by atoms with E-state index in [1.807, 2.05) is 6.07 Å². The number of benzene rings is 1. The molecule has 1 N–H and O–H groups in total. The molecule has 24 heavy (non-hydrogen) atoms. The summed E-state index contributed by atoms with van der Waals surface area (Å²) in [4.78, 5) is 15.9. The first-order valence-electron chi connectivity index (χ1n) is 8.20. The van der Waals surface area contributed by atoms with Crippen molar-refractivity contribution in [3.63, 3.8) is 0 Å². The van der Waals surface area contributed by atoms with Crippen molar-refractivity contribution in [2.24, 2.45) is 5.92 Å². The molecule has 1 aromatic carbocycles. The second kappa shape index (κ2) is 6.28. The first-order valence-corrected chi connectivity index (χ1v) is 9.02. The van der Waals surface area contributed by atoms with Crippen molar-refractivity contribution in [3.8, 4) is 0 Å². The average molecular weight is 369 g/mol. The monoisotopic (exact) mass is 368 g/mol. The summed E-state index contributed by atoms with van der Waals surface area (Å²) >= 11 is 1.36. The van der Waals surface area contributed by atoms with E-state index in [-0.39, 0.29) is 35.7 Å². The van der Waals surface area contributed by atoms with Crippen LogP contribution in [0.5, 0.6) is 0 Å². The second-order valence-electron chi connectivity index (χ2n) is 7.22. The molecule has 0 saturated carbocycles. The Kier molecular flexibility index (Phi) is 4.62. The van der Waals surface area contributed by atoms with Gasteiger partial charge in [-0.3, -0.25) is 9.69 Å². The van der Waals surface area contributed by atoms with Crippen LogP contribution in [0.15, 0.2) is 24.3 Å². The predicted molar refractivity (Wildman–Crippen MR) is 98.7 cm³/mol. The van der Waals surface area contributed by atoms with E-state index >= 15 is 0 Å². The minimum absolute atomic E-state index is 0. The van der Waals surface area contributed by atoms with E-state index in [2.05, 4.69) is 24.1 Å². The summed E-state index contributed by atoms with van der Waals surface area (Å²) < 4.78 is 14.1. The molecule has 0 spiro atoms. The number of hydrogen-bond acceptors (Lipinski definition) is 3. The van der Waals surface area contributed by atoms with Gasteiger partial charge >= 0.3 is 0 Å².